The van der Waals surface area contributed by atoms with Gasteiger partial charge in [0.2, 0.25) is 11.7 Å². The summed E-state index contributed by atoms with van der Waals surface area (Å²) in [6.45, 7) is 1.97. The van der Waals surface area contributed by atoms with Crippen molar-refractivity contribution < 1.29 is 47.6 Å². The summed E-state index contributed by atoms with van der Waals surface area (Å²) in [5.41, 5.74) is 3.03. The first-order chi connectivity index (χ1) is 25.5. The summed E-state index contributed by atoms with van der Waals surface area (Å²) >= 11 is 9.54. The van der Waals surface area contributed by atoms with Crippen LogP contribution in [0.25, 0.3) is 17.0 Å². The number of aromatic amines is 1. The summed E-state index contributed by atoms with van der Waals surface area (Å²) in [5, 5.41) is 59.2. The fourth-order valence-corrected chi connectivity index (χ4v) is 4.59. The number of anilines is 1. The van der Waals surface area contributed by atoms with Gasteiger partial charge in [0.1, 0.15) is 35.5 Å². The van der Waals surface area contributed by atoms with Crippen LogP contribution in [0.5, 0.6) is 5.75 Å². The maximum atomic E-state index is 12.3. The molecule has 0 aliphatic carbocycles. The second-order valence-corrected chi connectivity index (χ2v) is 26.7. The second kappa shape index (κ2) is 29.6. The van der Waals surface area contributed by atoms with E-state index in [4.69, 9.17) is 35.3 Å². The van der Waals surface area contributed by atoms with Gasteiger partial charge in [0.15, 0.2) is 5.75 Å². The predicted molar refractivity (Wildman–Crippen MR) is 247 cm³/mol. The number of hydrogen-bond acceptors (Lipinski definition) is 13. The molecule has 3 aromatic rings. The summed E-state index contributed by atoms with van der Waals surface area (Å²) in [4.78, 5) is 28.2. The number of halogens is 6. The molecule has 0 spiro atoms. The van der Waals surface area contributed by atoms with E-state index in [2.05, 4.69) is 96.2 Å². The minimum atomic E-state index is -0.606. The van der Waals surface area contributed by atoms with Crippen LogP contribution in [0.3, 0.4) is 0 Å². The van der Waals surface area contributed by atoms with E-state index in [1.54, 1.807) is 49.3 Å². The number of ketones is 1. The SMILES string of the molecule is CC(=O)Oc1c(C=C(C#N)C#N)[nH]c2ccccc12.CN1CC(CO)O/C1=C(C#N)/C=C1/Nc2ccccc2C1=O.CNCC(O)CO.I.II.I[I-]I. The molecule has 292 valence electrons. The van der Waals surface area contributed by atoms with Gasteiger partial charge in [-0.1, -0.05) is 24.3 Å². The quantitative estimate of drug-likeness (QED) is 0.0864. The van der Waals surface area contributed by atoms with E-state index in [1.807, 2.05) is 30.3 Å². The maximum absolute atomic E-state index is 12.3. The number of esters is 1. The molecule has 3 heterocycles. The van der Waals surface area contributed by atoms with Crippen LogP contribution in [-0.2, 0) is 9.53 Å². The topological polar surface area (TPSA) is 228 Å². The van der Waals surface area contributed by atoms with E-state index in [9.17, 15) is 14.9 Å². The van der Waals surface area contributed by atoms with Crippen molar-refractivity contribution in [3.63, 3.8) is 0 Å². The number of hydrogen-bond donors (Lipinski definition) is 6. The molecular formula is C34H36I6N7O7-. The van der Waals surface area contributed by atoms with Gasteiger partial charge in [-0.15, -0.1) is 24.0 Å². The standard InChI is InChI=1S/C16H15N3O3.C14H9N3O2.C4H11NO2.I3.I2.HI/c1-19-8-11(9-20)22-16(19)10(7-17)6-14-15(21)12-4-2-3-5-13(12)18-14;1-9(18)19-14-11-4-2-3-5-12(11)17-13(14)6-10(7-15)8-16;1-5-2-4(7)3-6;1-3-2;1-2;/h2-6,11,18,20H,8-9H2,1H3;2-6,17H,1H3;4-7H,2-3H2,1H3;;;1H/q;;;-1;;/b14-6+,16-10-;;;;;. The molecule has 2 aliphatic heterocycles. The first kappa shape index (κ1) is 52.4. The Balaban J connectivity index is 0.000000799. The molecule has 54 heavy (non-hydrogen) atoms. The number of nitrogens with one attached hydrogen (secondary N) is 3. The molecule has 2 atom stereocenters. The first-order valence-corrected chi connectivity index (χ1v) is 33.9. The van der Waals surface area contributed by atoms with E-state index < -0.39 is 12.1 Å². The number of aliphatic hydroxyl groups is 3. The number of rotatable bonds is 7. The van der Waals surface area contributed by atoms with E-state index in [0.29, 0.717) is 54.9 Å². The number of H-pyrrole nitrogens is 1. The van der Waals surface area contributed by atoms with E-state index in [1.165, 1.54) is 19.1 Å². The van der Waals surface area contributed by atoms with Crippen LogP contribution in [0.2, 0.25) is 0 Å². The number of nitrogens with zero attached hydrogens (tertiary/aromatic N) is 4. The number of para-hydroxylation sites is 2. The predicted octanol–water partition coefficient (Wildman–Crippen LogP) is 3.48. The molecule has 0 bridgehead atoms. The number of aliphatic hydroxyl groups excluding tert-OH is 3. The molecule has 1 saturated heterocycles. The minimum absolute atomic E-state index is 0. The fraction of sp³-hybridized carbons (Fsp3) is 0.265. The van der Waals surface area contributed by atoms with Crippen molar-refractivity contribution in [1.82, 2.24) is 15.2 Å². The third-order valence-electron chi connectivity index (χ3n) is 6.74. The van der Waals surface area contributed by atoms with Crippen molar-refractivity contribution in [2.24, 2.45) is 0 Å². The number of allylic oxidation sites excluding steroid dienone is 4. The Kier molecular flexibility index (Phi) is 28.8. The third-order valence-corrected chi connectivity index (χ3v) is 6.74. The molecule has 2 aliphatic rings. The van der Waals surface area contributed by atoms with Crippen molar-refractivity contribution >= 4 is 133 Å². The summed E-state index contributed by atoms with van der Waals surface area (Å²) in [6.07, 6.45) is 1.89. The molecule has 0 radical (unpaired) electrons. The Labute approximate surface area is 383 Å². The molecular weight excluding hydrogens is 1380 g/mol. The fourth-order valence-electron chi connectivity index (χ4n) is 4.59. The number of Topliss-reactive ketones (excluding diaryl/α,β-unsaturated/α-hetero) is 1. The van der Waals surface area contributed by atoms with Crippen molar-refractivity contribution in [2.45, 2.75) is 19.1 Å². The number of benzene rings is 2. The van der Waals surface area contributed by atoms with Crippen molar-refractivity contribution in [1.29, 1.82) is 15.8 Å². The Morgan fingerprint density at radius 1 is 1.13 bits per heavy atom. The molecule has 1 aromatic heterocycles. The zero-order valence-electron chi connectivity index (χ0n) is 28.8. The number of nitriles is 3. The van der Waals surface area contributed by atoms with Gasteiger partial charge >= 0.3 is 56.5 Å². The van der Waals surface area contributed by atoms with Gasteiger partial charge < -0.3 is 45.3 Å². The molecule has 0 saturated carbocycles. The van der Waals surface area contributed by atoms with Crippen molar-refractivity contribution in [3.05, 3.63) is 88.6 Å². The van der Waals surface area contributed by atoms with E-state index in [0.717, 1.165) is 16.6 Å². The number of likely N-dealkylation sites (N-methyl/N-ethyl adjacent to an activating group) is 2. The van der Waals surface area contributed by atoms with Crippen LogP contribution in [0.15, 0.2) is 77.3 Å². The molecule has 2 aromatic carbocycles. The van der Waals surface area contributed by atoms with Gasteiger partial charge in [-0.2, -0.15) is 15.8 Å². The van der Waals surface area contributed by atoms with Crippen molar-refractivity contribution in [3.8, 4) is 24.0 Å². The monoisotopic (exact) mass is 1420 g/mol. The Bertz CT molecular complexity index is 1890. The van der Waals surface area contributed by atoms with Gasteiger partial charge in [-0.3, -0.25) is 9.59 Å². The van der Waals surface area contributed by atoms with Crippen LogP contribution in [0.4, 0.5) is 5.69 Å². The molecule has 14 nitrogen and oxygen atoms in total. The zero-order chi connectivity index (χ0) is 39.9. The van der Waals surface area contributed by atoms with Gasteiger partial charge in [0.25, 0.3) is 0 Å². The normalized spacial score (nSPS) is 15.4. The summed E-state index contributed by atoms with van der Waals surface area (Å²) in [6, 6.07) is 20.0. The number of aromatic nitrogens is 1. The van der Waals surface area contributed by atoms with Crippen LogP contribution < -0.4 is 28.6 Å². The Hall–Kier alpha value is -1.57. The van der Waals surface area contributed by atoms with Gasteiger partial charge in [0.05, 0.1) is 37.3 Å². The molecule has 0 amide bonds. The van der Waals surface area contributed by atoms with Gasteiger partial charge in [-0.25, -0.2) is 0 Å². The second-order valence-electron chi connectivity index (χ2n) is 10.4. The van der Waals surface area contributed by atoms with Crippen LogP contribution in [0, 0.1) is 34.0 Å². The zero-order valence-corrected chi connectivity index (χ0v) is 41.9. The Morgan fingerprint density at radius 2 is 1.74 bits per heavy atom. The van der Waals surface area contributed by atoms with E-state index >= 15 is 0 Å². The average molecular weight is 1420 g/mol. The third kappa shape index (κ3) is 16.9. The number of ether oxygens (including phenoxy) is 2. The van der Waals surface area contributed by atoms with Crippen LogP contribution in [-0.4, -0.2) is 89.6 Å². The number of fused-ring (bicyclic) bond motifs is 2. The summed E-state index contributed by atoms with van der Waals surface area (Å²) in [7, 11) is 3.50. The van der Waals surface area contributed by atoms with Crippen molar-refractivity contribution in [2.75, 3.05) is 45.7 Å². The first-order valence-electron chi connectivity index (χ1n) is 15.0. The summed E-state index contributed by atoms with van der Waals surface area (Å²) in [5.74, 6) is 0.0869. The molecule has 2 unspecified atom stereocenters. The molecule has 5 rings (SSSR count). The number of carbonyl (C=O) groups excluding carboxylic acids is 2. The van der Waals surface area contributed by atoms with Crippen LogP contribution in [0.1, 0.15) is 23.0 Å². The summed E-state index contributed by atoms with van der Waals surface area (Å²) < 4.78 is 10.7. The Morgan fingerprint density at radius 3 is 2.24 bits per heavy atom. The average Bonchev–Trinajstić information content (AvgIpc) is 3.82. The van der Waals surface area contributed by atoms with Crippen LogP contribution >= 0.6 is 98.4 Å². The van der Waals surface area contributed by atoms with E-state index in [-0.39, 0.29) is 60.2 Å². The molecule has 1 fully saturated rings. The van der Waals surface area contributed by atoms with Gasteiger partial charge in [0, 0.05) is 79.9 Å². The molecule has 6 N–H and O–H groups in total. The van der Waals surface area contributed by atoms with Gasteiger partial charge in [-0.05, 0) is 43.5 Å². The number of carbonyl (C=O) groups is 2. The molecule has 20 heteroatoms.